The van der Waals surface area contributed by atoms with Gasteiger partial charge in [0.15, 0.2) is 0 Å². The van der Waals surface area contributed by atoms with Crippen molar-refractivity contribution < 1.29 is 9.53 Å². The highest BCUT2D eigenvalue weighted by Crippen LogP contribution is 2.14. The molecule has 0 radical (unpaired) electrons. The van der Waals surface area contributed by atoms with Crippen molar-refractivity contribution in [2.24, 2.45) is 5.92 Å². The third-order valence-corrected chi connectivity index (χ3v) is 5.38. The van der Waals surface area contributed by atoms with Crippen LogP contribution in [0.15, 0.2) is 24.3 Å². The first-order chi connectivity index (χ1) is 8.78. The molecule has 0 bridgehead atoms. The molecule has 0 aliphatic carbocycles. The maximum atomic E-state index is 11.9. The lowest BCUT2D eigenvalue weighted by atomic mass is 10.0. The van der Waals surface area contributed by atoms with Gasteiger partial charge < -0.3 is 4.74 Å². The molecular formula is C15H23IO2Si. The summed E-state index contributed by atoms with van der Waals surface area (Å²) >= 11 is 2.28. The van der Waals surface area contributed by atoms with E-state index in [2.05, 4.69) is 66.5 Å². The van der Waals surface area contributed by atoms with E-state index < -0.39 is 8.07 Å². The quantitative estimate of drug-likeness (QED) is 0.410. The van der Waals surface area contributed by atoms with Crippen LogP contribution in [0.4, 0.5) is 0 Å². The standard InChI is InChI=1S/C15H23IO2Si/c1-12(11-13-5-7-14(16)8-6-13)15(17)18-9-10-19(2,3)4/h5-8,12H,9-11H2,1-4H3/t12-/m0/s1. The zero-order chi connectivity index (χ0) is 14.5. The first-order valence-electron chi connectivity index (χ1n) is 6.69. The number of hydrogen-bond acceptors (Lipinski definition) is 2. The zero-order valence-corrected chi connectivity index (χ0v) is 15.4. The van der Waals surface area contributed by atoms with E-state index in [0.717, 1.165) is 12.5 Å². The fourth-order valence-electron chi connectivity index (χ4n) is 1.66. The minimum absolute atomic E-state index is 0.0679. The second kappa shape index (κ2) is 7.43. The molecule has 2 nitrogen and oxygen atoms in total. The van der Waals surface area contributed by atoms with Gasteiger partial charge in [0, 0.05) is 11.6 Å². The Balaban J connectivity index is 2.38. The first kappa shape index (κ1) is 16.7. The molecule has 0 N–H and O–H groups in total. The molecule has 0 spiro atoms. The number of halogens is 1. The Morgan fingerprint density at radius 1 is 1.26 bits per heavy atom. The van der Waals surface area contributed by atoms with Gasteiger partial charge in [-0.3, -0.25) is 4.79 Å². The molecule has 0 aliphatic heterocycles. The summed E-state index contributed by atoms with van der Waals surface area (Å²) in [6, 6.07) is 9.33. The predicted octanol–water partition coefficient (Wildman–Crippen LogP) is 4.35. The summed E-state index contributed by atoms with van der Waals surface area (Å²) in [6.45, 7) is 9.38. The Bertz CT molecular complexity index is 409. The highest BCUT2D eigenvalue weighted by atomic mass is 127. The topological polar surface area (TPSA) is 26.3 Å². The van der Waals surface area contributed by atoms with Crippen LogP contribution in [0.2, 0.25) is 25.7 Å². The van der Waals surface area contributed by atoms with E-state index >= 15 is 0 Å². The fraction of sp³-hybridized carbons (Fsp3) is 0.533. The highest BCUT2D eigenvalue weighted by Gasteiger charge is 2.17. The Morgan fingerprint density at radius 2 is 1.84 bits per heavy atom. The molecular weight excluding hydrogens is 367 g/mol. The Morgan fingerprint density at radius 3 is 2.37 bits per heavy atom. The number of rotatable bonds is 6. The van der Waals surface area contributed by atoms with Crippen LogP contribution < -0.4 is 0 Å². The highest BCUT2D eigenvalue weighted by molar-refractivity contribution is 14.1. The molecule has 0 unspecified atom stereocenters. The molecule has 19 heavy (non-hydrogen) atoms. The van der Waals surface area contributed by atoms with Crippen molar-refractivity contribution >= 4 is 36.6 Å². The molecule has 0 aliphatic rings. The molecule has 0 fully saturated rings. The maximum absolute atomic E-state index is 11.9. The molecule has 0 heterocycles. The van der Waals surface area contributed by atoms with Crippen molar-refractivity contribution in [1.82, 2.24) is 0 Å². The molecule has 0 saturated heterocycles. The minimum Gasteiger partial charge on any atom is -0.466 e. The van der Waals surface area contributed by atoms with Crippen molar-refractivity contribution in [3.05, 3.63) is 33.4 Å². The molecule has 1 atom stereocenters. The number of hydrogen-bond donors (Lipinski definition) is 0. The average Bonchev–Trinajstić information content (AvgIpc) is 2.30. The van der Waals surface area contributed by atoms with Crippen LogP contribution in [0.1, 0.15) is 12.5 Å². The molecule has 0 saturated carbocycles. The zero-order valence-electron chi connectivity index (χ0n) is 12.2. The monoisotopic (exact) mass is 390 g/mol. The van der Waals surface area contributed by atoms with Crippen LogP contribution in [0.25, 0.3) is 0 Å². The van der Waals surface area contributed by atoms with E-state index in [4.69, 9.17) is 4.74 Å². The number of ether oxygens (including phenoxy) is 1. The van der Waals surface area contributed by atoms with Crippen LogP contribution >= 0.6 is 22.6 Å². The van der Waals surface area contributed by atoms with Crippen LogP contribution in [0.5, 0.6) is 0 Å². The Kier molecular flexibility index (Phi) is 6.52. The lowest BCUT2D eigenvalue weighted by Crippen LogP contribution is -2.24. The first-order valence-corrected chi connectivity index (χ1v) is 11.5. The van der Waals surface area contributed by atoms with Crippen molar-refractivity contribution in [3.63, 3.8) is 0 Å². The second-order valence-corrected chi connectivity index (χ2v) is 13.1. The number of carbonyl (C=O) groups is 1. The van der Waals surface area contributed by atoms with Crippen molar-refractivity contribution in [1.29, 1.82) is 0 Å². The van der Waals surface area contributed by atoms with Gasteiger partial charge in [0.2, 0.25) is 0 Å². The van der Waals surface area contributed by atoms with Gasteiger partial charge in [0.25, 0.3) is 0 Å². The third-order valence-electron chi connectivity index (χ3n) is 2.95. The van der Waals surface area contributed by atoms with Gasteiger partial charge in [0.05, 0.1) is 12.5 Å². The molecule has 1 aromatic rings. The summed E-state index contributed by atoms with van der Waals surface area (Å²) < 4.78 is 6.58. The molecule has 4 heteroatoms. The molecule has 1 rings (SSSR count). The lowest BCUT2D eigenvalue weighted by Gasteiger charge is -2.17. The van der Waals surface area contributed by atoms with Crippen molar-refractivity contribution in [2.45, 2.75) is 39.0 Å². The van der Waals surface area contributed by atoms with E-state index in [1.807, 2.05) is 6.92 Å². The van der Waals surface area contributed by atoms with Crippen LogP contribution in [-0.4, -0.2) is 20.7 Å². The van der Waals surface area contributed by atoms with Gasteiger partial charge in [-0.25, -0.2) is 0 Å². The van der Waals surface area contributed by atoms with Gasteiger partial charge in [-0.05, 0) is 52.8 Å². The van der Waals surface area contributed by atoms with Gasteiger partial charge in [-0.15, -0.1) is 0 Å². The van der Waals surface area contributed by atoms with E-state index in [0.29, 0.717) is 6.61 Å². The average molecular weight is 390 g/mol. The number of esters is 1. The molecule has 106 valence electrons. The number of benzene rings is 1. The van der Waals surface area contributed by atoms with Crippen molar-refractivity contribution in [3.8, 4) is 0 Å². The maximum Gasteiger partial charge on any atom is 0.308 e. The summed E-state index contributed by atoms with van der Waals surface area (Å²) in [7, 11) is -1.12. The third kappa shape index (κ3) is 7.10. The predicted molar refractivity (Wildman–Crippen MR) is 91.1 cm³/mol. The van der Waals surface area contributed by atoms with Gasteiger partial charge in [-0.1, -0.05) is 38.7 Å². The summed E-state index contributed by atoms with van der Waals surface area (Å²) in [4.78, 5) is 11.9. The SMILES string of the molecule is C[C@@H](Cc1ccc(I)cc1)C(=O)OCC[Si](C)(C)C. The summed E-state index contributed by atoms with van der Waals surface area (Å²) in [5.41, 5.74) is 1.19. The number of carbonyl (C=O) groups excluding carboxylic acids is 1. The van der Waals surface area contributed by atoms with Gasteiger partial charge in [-0.2, -0.15) is 0 Å². The summed E-state index contributed by atoms with van der Waals surface area (Å²) in [5, 5.41) is 0. The summed E-state index contributed by atoms with van der Waals surface area (Å²) in [5.74, 6) is -0.140. The van der Waals surface area contributed by atoms with Crippen LogP contribution in [-0.2, 0) is 16.0 Å². The largest absolute Gasteiger partial charge is 0.466 e. The van der Waals surface area contributed by atoms with E-state index in [-0.39, 0.29) is 11.9 Å². The minimum atomic E-state index is -1.12. The Labute approximate surface area is 131 Å². The molecule has 0 aromatic heterocycles. The van der Waals surface area contributed by atoms with Gasteiger partial charge in [0.1, 0.15) is 0 Å². The normalized spacial score (nSPS) is 13.1. The second-order valence-electron chi connectivity index (χ2n) is 6.21. The summed E-state index contributed by atoms with van der Waals surface area (Å²) in [6.07, 6.45) is 0.753. The van der Waals surface area contributed by atoms with Gasteiger partial charge >= 0.3 is 5.97 Å². The lowest BCUT2D eigenvalue weighted by molar-refractivity contribution is -0.147. The van der Waals surface area contributed by atoms with E-state index in [1.165, 1.54) is 9.13 Å². The fourth-order valence-corrected chi connectivity index (χ4v) is 2.73. The molecule has 1 aromatic carbocycles. The molecule has 0 amide bonds. The van der Waals surface area contributed by atoms with E-state index in [1.54, 1.807) is 0 Å². The van der Waals surface area contributed by atoms with E-state index in [9.17, 15) is 4.79 Å². The van der Waals surface area contributed by atoms with Crippen LogP contribution in [0, 0.1) is 9.49 Å². The van der Waals surface area contributed by atoms with Crippen molar-refractivity contribution in [2.75, 3.05) is 6.61 Å². The van der Waals surface area contributed by atoms with Crippen LogP contribution in [0.3, 0.4) is 0 Å². The Hall–Kier alpha value is -0.363. The smallest absolute Gasteiger partial charge is 0.308 e.